The Kier molecular flexibility index (Phi) is 5.03. The van der Waals surface area contributed by atoms with Gasteiger partial charge in [0.05, 0.1) is 28.5 Å². The molecule has 1 aromatic heterocycles. The lowest BCUT2D eigenvalue weighted by atomic mass is 10.1. The van der Waals surface area contributed by atoms with Crippen LogP contribution in [0.3, 0.4) is 0 Å². The number of carbonyl (C=O) groups excluding carboxylic acids is 1. The highest BCUT2D eigenvalue weighted by Gasteiger charge is 2.18. The van der Waals surface area contributed by atoms with Crippen molar-refractivity contribution < 1.29 is 9.72 Å². The number of nitrogens with one attached hydrogen (secondary N) is 1. The number of amides is 1. The Morgan fingerprint density at radius 3 is 2.48 bits per heavy atom. The van der Waals surface area contributed by atoms with Crippen LogP contribution in [0.1, 0.15) is 32.9 Å². The lowest BCUT2D eigenvalue weighted by molar-refractivity contribution is -0.385. The van der Waals surface area contributed by atoms with Crippen molar-refractivity contribution in [1.29, 1.82) is 0 Å². The molecule has 1 amide bonds. The van der Waals surface area contributed by atoms with Gasteiger partial charge in [0.1, 0.15) is 0 Å². The van der Waals surface area contributed by atoms with Crippen molar-refractivity contribution in [3.05, 3.63) is 86.7 Å². The van der Waals surface area contributed by atoms with Crippen molar-refractivity contribution in [3.63, 3.8) is 0 Å². The number of hydrogen-bond acceptors (Lipinski definition) is 4. The summed E-state index contributed by atoms with van der Waals surface area (Å²) in [6, 6.07) is 14.3. The predicted octanol–water partition coefficient (Wildman–Crippen LogP) is 4.02. The largest absolute Gasteiger partial charge is 0.319 e. The number of rotatable bonds is 5. The van der Waals surface area contributed by atoms with E-state index in [2.05, 4.69) is 10.4 Å². The van der Waals surface area contributed by atoms with Gasteiger partial charge in [-0.1, -0.05) is 30.3 Å². The van der Waals surface area contributed by atoms with Crippen LogP contribution in [0.2, 0.25) is 0 Å². The van der Waals surface area contributed by atoms with Crippen LogP contribution in [0.15, 0.2) is 48.5 Å². The van der Waals surface area contributed by atoms with Crippen LogP contribution >= 0.6 is 0 Å². The van der Waals surface area contributed by atoms with E-state index >= 15 is 0 Å². The fourth-order valence-electron chi connectivity index (χ4n) is 2.98. The monoisotopic (exact) mass is 364 g/mol. The van der Waals surface area contributed by atoms with Gasteiger partial charge in [-0.25, -0.2) is 0 Å². The molecule has 0 radical (unpaired) electrons. The smallest absolute Gasteiger partial charge is 0.272 e. The van der Waals surface area contributed by atoms with Crippen molar-refractivity contribution in [1.82, 2.24) is 9.78 Å². The molecule has 0 spiro atoms. The molecule has 0 fully saturated rings. The lowest BCUT2D eigenvalue weighted by Gasteiger charge is -2.08. The van der Waals surface area contributed by atoms with E-state index in [0.717, 1.165) is 17.0 Å². The summed E-state index contributed by atoms with van der Waals surface area (Å²) in [6.07, 6.45) is 0. The second-order valence-electron chi connectivity index (χ2n) is 6.40. The van der Waals surface area contributed by atoms with Crippen LogP contribution in [0.4, 0.5) is 11.4 Å². The average molecular weight is 364 g/mol. The highest BCUT2D eigenvalue weighted by atomic mass is 16.6. The average Bonchev–Trinajstić information content (AvgIpc) is 2.89. The van der Waals surface area contributed by atoms with Crippen LogP contribution in [0, 0.1) is 30.9 Å². The third kappa shape index (κ3) is 3.87. The number of nitrogens with zero attached hydrogens (tertiary/aromatic N) is 3. The van der Waals surface area contributed by atoms with E-state index in [4.69, 9.17) is 0 Å². The summed E-state index contributed by atoms with van der Waals surface area (Å²) in [7, 11) is 0. The molecule has 3 rings (SSSR count). The molecule has 0 unspecified atom stereocenters. The number of carbonyl (C=O) groups is 1. The molecule has 0 bridgehead atoms. The maximum Gasteiger partial charge on any atom is 0.272 e. The van der Waals surface area contributed by atoms with E-state index < -0.39 is 4.92 Å². The van der Waals surface area contributed by atoms with Gasteiger partial charge in [0.15, 0.2) is 0 Å². The van der Waals surface area contributed by atoms with Gasteiger partial charge < -0.3 is 5.32 Å². The Morgan fingerprint density at radius 1 is 1.15 bits per heavy atom. The number of anilines is 1. The van der Waals surface area contributed by atoms with Crippen LogP contribution < -0.4 is 5.32 Å². The molecule has 2 aromatic carbocycles. The molecule has 0 aliphatic carbocycles. The van der Waals surface area contributed by atoms with Crippen LogP contribution in [0.5, 0.6) is 0 Å². The Labute approximate surface area is 156 Å². The summed E-state index contributed by atoms with van der Waals surface area (Å²) in [5, 5.41) is 18.3. The van der Waals surface area contributed by atoms with Crippen LogP contribution in [-0.4, -0.2) is 20.6 Å². The number of nitro groups is 1. The summed E-state index contributed by atoms with van der Waals surface area (Å²) in [5.74, 6) is -0.321. The molecular weight excluding hydrogens is 344 g/mol. The lowest BCUT2D eigenvalue weighted by Crippen LogP contribution is -2.14. The van der Waals surface area contributed by atoms with Gasteiger partial charge in [-0.15, -0.1) is 0 Å². The van der Waals surface area contributed by atoms with E-state index in [1.165, 1.54) is 18.2 Å². The second kappa shape index (κ2) is 7.41. The Balaban J connectivity index is 1.82. The summed E-state index contributed by atoms with van der Waals surface area (Å²) in [6.45, 7) is 5.97. The summed E-state index contributed by atoms with van der Waals surface area (Å²) < 4.78 is 1.85. The van der Waals surface area contributed by atoms with Gasteiger partial charge >= 0.3 is 0 Å². The zero-order valence-corrected chi connectivity index (χ0v) is 15.4. The fourth-order valence-corrected chi connectivity index (χ4v) is 2.98. The molecule has 0 aliphatic rings. The molecule has 1 N–H and O–H groups in total. The Morgan fingerprint density at radius 2 is 1.85 bits per heavy atom. The predicted molar refractivity (Wildman–Crippen MR) is 103 cm³/mol. The number of aryl methyl sites for hydroxylation is 2. The first-order valence-corrected chi connectivity index (χ1v) is 8.51. The molecule has 138 valence electrons. The Hall–Kier alpha value is -3.48. The van der Waals surface area contributed by atoms with Gasteiger partial charge in [-0.2, -0.15) is 5.10 Å². The SMILES string of the molecule is Cc1cc(C(=O)Nc2c(C)nn(Cc3ccccc3)c2C)ccc1[N+](=O)[O-]. The molecule has 27 heavy (non-hydrogen) atoms. The highest BCUT2D eigenvalue weighted by Crippen LogP contribution is 2.23. The highest BCUT2D eigenvalue weighted by molar-refractivity contribution is 6.05. The summed E-state index contributed by atoms with van der Waals surface area (Å²) in [4.78, 5) is 23.1. The fraction of sp³-hybridized carbons (Fsp3) is 0.200. The number of nitro benzene ring substituents is 1. The summed E-state index contributed by atoms with van der Waals surface area (Å²) >= 11 is 0. The van der Waals surface area contributed by atoms with Crippen LogP contribution in [0.25, 0.3) is 0 Å². The van der Waals surface area contributed by atoms with E-state index in [-0.39, 0.29) is 11.6 Å². The Bertz CT molecular complexity index is 1010. The molecule has 3 aromatic rings. The quantitative estimate of drug-likeness (QED) is 0.547. The van der Waals surface area contributed by atoms with E-state index in [1.54, 1.807) is 6.92 Å². The van der Waals surface area contributed by atoms with Crippen molar-refractivity contribution in [3.8, 4) is 0 Å². The maximum absolute atomic E-state index is 12.6. The van der Waals surface area contributed by atoms with Crippen molar-refractivity contribution in [2.75, 3.05) is 5.32 Å². The van der Waals surface area contributed by atoms with Gasteiger partial charge in [-0.3, -0.25) is 19.6 Å². The topological polar surface area (TPSA) is 90.1 Å². The molecule has 0 saturated carbocycles. The third-order valence-electron chi connectivity index (χ3n) is 4.45. The van der Waals surface area contributed by atoms with Crippen molar-refractivity contribution in [2.45, 2.75) is 27.3 Å². The standard InChI is InChI=1S/C20H20N4O3/c1-13-11-17(9-10-18(13)24(26)27)20(25)21-19-14(2)22-23(15(19)3)12-16-7-5-4-6-8-16/h4-11H,12H2,1-3H3,(H,21,25). The zero-order valence-electron chi connectivity index (χ0n) is 15.4. The first kappa shape index (κ1) is 18.3. The second-order valence-corrected chi connectivity index (χ2v) is 6.40. The zero-order chi connectivity index (χ0) is 19.6. The van der Waals surface area contributed by atoms with Gasteiger partial charge in [-0.05, 0) is 38.5 Å². The third-order valence-corrected chi connectivity index (χ3v) is 4.45. The number of aromatic nitrogens is 2. The van der Waals surface area contributed by atoms with Gasteiger partial charge in [0, 0.05) is 17.2 Å². The first-order valence-electron chi connectivity index (χ1n) is 8.51. The number of hydrogen-bond donors (Lipinski definition) is 1. The normalized spacial score (nSPS) is 10.6. The number of benzene rings is 2. The molecule has 0 saturated heterocycles. The van der Waals surface area contributed by atoms with Gasteiger partial charge in [0.25, 0.3) is 11.6 Å². The van der Waals surface area contributed by atoms with E-state index in [0.29, 0.717) is 23.4 Å². The maximum atomic E-state index is 12.6. The molecule has 7 nitrogen and oxygen atoms in total. The molecule has 1 heterocycles. The van der Waals surface area contributed by atoms with Crippen molar-refractivity contribution in [2.24, 2.45) is 0 Å². The molecule has 0 aliphatic heterocycles. The minimum absolute atomic E-state index is 0.00501. The summed E-state index contributed by atoms with van der Waals surface area (Å²) in [5.41, 5.74) is 4.15. The van der Waals surface area contributed by atoms with E-state index in [1.807, 2.05) is 48.9 Å². The van der Waals surface area contributed by atoms with Crippen molar-refractivity contribution >= 4 is 17.3 Å². The molecule has 7 heteroatoms. The minimum Gasteiger partial charge on any atom is -0.319 e. The minimum atomic E-state index is -0.459. The van der Waals surface area contributed by atoms with Gasteiger partial charge in [0.2, 0.25) is 0 Å². The molecule has 0 atom stereocenters. The first-order chi connectivity index (χ1) is 12.9. The van der Waals surface area contributed by atoms with Crippen LogP contribution in [-0.2, 0) is 6.54 Å². The van der Waals surface area contributed by atoms with E-state index in [9.17, 15) is 14.9 Å². The molecular formula is C20H20N4O3.